The number of unbranched alkanes of at least 4 members (excludes halogenated alkanes) is 2. The predicted molar refractivity (Wildman–Crippen MR) is 58.3 cm³/mol. The second-order valence-corrected chi connectivity index (χ2v) is 3.68. The summed E-state index contributed by atoms with van der Waals surface area (Å²) < 4.78 is 2.35. The number of alkyl halides is 1. The molecule has 0 amide bonds. The zero-order chi connectivity index (χ0) is 11.3. The fourth-order valence-corrected chi connectivity index (χ4v) is 1.40. The van der Waals surface area contributed by atoms with Crippen molar-refractivity contribution in [3.8, 4) is 0 Å². The van der Waals surface area contributed by atoms with E-state index in [9.17, 15) is 9.59 Å². The van der Waals surface area contributed by atoms with Crippen LogP contribution < -0.4 is 11.2 Å². The monoisotopic (exact) mass is 231 g/mol. The molecule has 5 nitrogen and oxygen atoms in total. The van der Waals surface area contributed by atoms with Crippen molar-refractivity contribution in [1.82, 2.24) is 14.3 Å². The van der Waals surface area contributed by atoms with Crippen LogP contribution in [0.5, 0.6) is 0 Å². The van der Waals surface area contributed by atoms with Crippen molar-refractivity contribution in [1.29, 1.82) is 0 Å². The summed E-state index contributed by atoms with van der Waals surface area (Å²) in [6.45, 7) is 0.532. The standard InChI is InChI=1S/C9H14ClN3O2/c1-12-8(14)7-11-13(9(12)15)6-4-2-3-5-10/h7H,2-6H2,1H3. The van der Waals surface area contributed by atoms with Gasteiger partial charge in [0.15, 0.2) is 0 Å². The Hall–Kier alpha value is -1.10. The molecule has 1 aromatic heterocycles. The molecular weight excluding hydrogens is 218 g/mol. The molecule has 15 heavy (non-hydrogen) atoms. The molecule has 0 atom stereocenters. The van der Waals surface area contributed by atoms with Gasteiger partial charge in [-0.25, -0.2) is 9.48 Å². The topological polar surface area (TPSA) is 56.9 Å². The molecule has 0 radical (unpaired) electrons. The van der Waals surface area contributed by atoms with Gasteiger partial charge in [0.25, 0.3) is 5.56 Å². The van der Waals surface area contributed by atoms with Crippen LogP contribution in [0.25, 0.3) is 0 Å². The highest BCUT2D eigenvalue weighted by atomic mass is 35.5. The van der Waals surface area contributed by atoms with Gasteiger partial charge in [0.05, 0.1) is 0 Å². The van der Waals surface area contributed by atoms with Gasteiger partial charge in [-0.2, -0.15) is 5.10 Å². The third-order valence-electron chi connectivity index (χ3n) is 2.15. The minimum absolute atomic E-state index is 0.367. The number of aromatic nitrogens is 3. The molecule has 0 aromatic carbocycles. The van der Waals surface area contributed by atoms with Gasteiger partial charge >= 0.3 is 5.69 Å². The van der Waals surface area contributed by atoms with Crippen molar-refractivity contribution in [3.05, 3.63) is 27.0 Å². The molecule has 0 aliphatic rings. The molecule has 0 aliphatic carbocycles. The third-order valence-corrected chi connectivity index (χ3v) is 2.42. The summed E-state index contributed by atoms with van der Waals surface area (Å²) in [4.78, 5) is 22.5. The summed E-state index contributed by atoms with van der Waals surface area (Å²) in [5, 5.41) is 3.77. The third kappa shape index (κ3) is 3.20. The molecule has 0 saturated heterocycles. The normalized spacial score (nSPS) is 10.5. The number of hydrogen-bond acceptors (Lipinski definition) is 3. The van der Waals surface area contributed by atoms with E-state index < -0.39 is 0 Å². The number of nitrogens with zero attached hydrogens (tertiary/aromatic N) is 3. The molecule has 0 spiro atoms. The van der Waals surface area contributed by atoms with Crippen molar-refractivity contribution in [2.24, 2.45) is 7.05 Å². The lowest BCUT2D eigenvalue weighted by Gasteiger charge is -2.04. The van der Waals surface area contributed by atoms with Gasteiger partial charge in [-0.05, 0) is 12.8 Å². The molecule has 0 N–H and O–H groups in total. The molecule has 1 heterocycles. The zero-order valence-electron chi connectivity index (χ0n) is 8.65. The lowest BCUT2D eigenvalue weighted by molar-refractivity contribution is 0.489. The van der Waals surface area contributed by atoms with Crippen LogP contribution in [-0.2, 0) is 13.6 Å². The number of halogens is 1. The van der Waals surface area contributed by atoms with Crippen LogP contribution in [0.15, 0.2) is 15.8 Å². The lowest BCUT2D eigenvalue weighted by Crippen LogP contribution is -2.39. The fraction of sp³-hybridized carbons (Fsp3) is 0.667. The highest BCUT2D eigenvalue weighted by Crippen LogP contribution is 1.97. The quantitative estimate of drug-likeness (QED) is 0.543. The van der Waals surface area contributed by atoms with Gasteiger partial charge < -0.3 is 0 Å². The molecular formula is C9H14ClN3O2. The van der Waals surface area contributed by atoms with Crippen molar-refractivity contribution in [3.63, 3.8) is 0 Å². The van der Waals surface area contributed by atoms with Crippen LogP contribution in [0, 0.1) is 0 Å². The molecule has 0 saturated carbocycles. The molecule has 84 valence electrons. The Morgan fingerprint density at radius 1 is 1.33 bits per heavy atom. The first-order valence-electron chi connectivity index (χ1n) is 4.86. The first kappa shape index (κ1) is 12.0. The van der Waals surface area contributed by atoms with Gasteiger partial charge in [0, 0.05) is 19.5 Å². The highest BCUT2D eigenvalue weighted by molar-refractivity contribution is 6.17. The Kier molecular flexibility index (Phi) is 4.55. The molecule has 0 aliphatic heterocycles. The second-order valence-electron chi connectivity index (χ2n) is 3.30. The van der Waals surface area contributed by atoms with Crippen LogP contribution in [0.2, 0.25) is 0 Å². The van der Waals surface area contributed by atoms with E-state index in [2.05, 4.69) is 5.10 Å². The summed E-state index contributed by atoms with van der Waals surface area (Å²) >= 11 is 5.53. The largest absolute Gasteiger partial charge is 0.347 e. The van der Waals surface area contributed by atoms with Crippen LogP contribution in [-0.4, -0.2) is 20.2 Å². The summed E-state index contributed by atoms with van der Waals surface area (Å²) in [6.07, 6.45) is 3.89. The Labute approximate surface area is 92.3 Å². The van der Waals surface area contributed by atoms with Gasteiger partial charge in [0.2, 0.25) is 0 Å². The molecule has 0 bridgehead atoms. The summed E-state index contributed by atoms with van der Waals surface area (Å²) in [5.74, 6) is 0.635. The Bertz CT molecular complexity index is 424. The predicted octanol–water partition coefficient (Wildman–Crippen LogP) is 0.351. The van der Waals surface area contributed by atoms with E-state index in [-0.39, 0.29) is 11.2 Å². The van der Waals surface area contributed by atoms with Gasteiger partial charge in [0.1, 0.15) is 6.20 Å². The Balaban J connectivity index is 2.67. The summed E-state index contributed by atoms with van der Waals surface area (Å²) in [5.41, 5.74) is -0.745. The number of hydrogen-bond donors (Lipinski definition) is 0. The van der Waals surface area contributed by atoms with Crippen molar-refractivity contribution < 1.29 is 0 Å². The van der Waals surface area contributed by atoms with Crippen LogP contribution in [0.1, 0.15) is 19.3 Å². The first-order chi connectivity index (χ1) is 7.16. The highest BCUT2D eigenvalue weighted by Gasteiger charge is 2.01. The maximum absolute atomic E-state index is 11.5. The maximum Gasteiger partial charge on any atom is 0.347 e. The number of rotatable bonds is 5. The van der Waals surface area contributed by atoms with E-state index in [1.165, 1.54) is 11.7 Å². The van der Waals surface area contributed by atoms with Crippen LogP contribution >= 0.6 is 11.6 Å². The van der Waals surface area contributed by atoms with Crippen molar-refractivity contribution in [2.75, 3.05) is 5.88 Å². The SMILES string of the molecule is Cn1c(=O)cnn(CCCCCCl)c1=O. The molecule has 1 aromatic rings. The van der Waals surface area contributed by atoms with Crippen molar-refractivity contribution >= 4 is 11.6 Å². The van der Waals surface area contributed by atoms with Gasteiger partial charge in [-0.15, -0.1) is 11.6 Å². The summed E-state index contributed by atoms with van der Waals surface area (Å²) in [7, 11) is 1.45. The van der Waals surface area contributed by atoms with Gasteiger partial charge in [-0.1, -0.05) is 6.42 Å². The first-order valence-corrected chi connectivity index (χ1v) is 5.39. The molecule has 1 rings (SSSR count). The molecule has 0 unspecified atom stereocenters. The van der Waals surface area contributed by atoms with Crippen LogP contribution in [0.4, 0.5) is 0 Å². The van der Waals surface area contributed by atoms with E-state index >= 15 is 0 Å². The molecule has 6 heteroatoms. The number of aryl methyl sites for hydroxylation is 1. The minimum Gasteiger partial charge on any atom is -0.267 e. The molecule has 0 fully saturated rings. The second kappa shape index (κ2) is 5.70. The smallest absolute Gasteiger partial charge is 0.267 e. The fourth-order valence-electron chi connectivity index (χ4n) is 1.21. The lowest BCUT2D eigenvalue weighted by atomic mass is 10.2. The average molecular weight is 232 g/mol. The van der Waals surface area contributed by atoms with E-state index in [4.69, 9.17) is 11.6 Å². The zero-order valence-corrected chi connectivity index (χ0v) is 9.40. The van der Waals surface area contributed by atoms with Gasteiger partial charge in [-0.3, -0.25) is 9.36 Å². The van der Waals surface area contributed by atoms with E-state index in [1.54, 1.807) is 0 Å². The Morgan fingerprint density at radius 2 is 2.07 bits per heavy atom. The minimum atomic E-state index is -0.378. The van der Waals surface area contributed by atoms with Crippen LogP contribution in [0.3, 0.4) is 0 Å². The Morgan fingerprint density at radius 3 is 2.73 bits per heavy atom. The maximum atomic E-state index is 11.5. The van der Waals surface area contributed by atoms with E-state index in [0.717, 1.165) is 30.0 Å². The van der Waals surface area contributed by atoms with Crippen molar-refractivity contribution in [2.45, 2.75) is 25.8 Å². The average Bonchev–Trinajstić information content (AvgIpc) is 2.24. The summed E-state index contributed by atoms with van der Waals surface area (Å²) in [6, 6.07) is 0. The van der Waals surface area contributed by atoms with E-state index in [0.29, 0.717) is 12.4 Å². The van der Waals surface area contributed by atoms with E-state index in [1.807, 2.05) is 0 Å².